The Labute approximate surface area is 130 Å². The van der Waals surface area contributed by atoms with Gasteiger partial charge in [0.05, 0.1) is 10.7 Å². The van der Waals surface area contributed by atoms with Gasteiger partial charge in [-0.25, -0.2) is 4.39 Å². The van der Waals surface area contributed by atoms with Crippen LogP contribution in [0.15, 0.2) is 36.4 Å². The molecule has 1 aliphatic rings. The molecule has 0 fully saturated rings. The predicted molar refractivity (Wildman–Crippen MR) is 80.0 cm³/mol. The molecule has 0 spiro atoms. The van der Waals surface area contributed by atoms with Crippen molar-refractivity contribution in [3.63, 3.8) is 0 Å². The summed E-state index contributed by atoms with van der Waals surface area (Å²) in [6, 6.07) is 8.75. The monoisotopic (exact) mass is 319 g/mol. The second kappa shape index (κ2) is 5.77. The maximum Gasteiger partial charge on any atom is 0.262 e. The van der Waals surface area contributed by atoms with Gasteiger partial charge in [-0.3, -0.25) is 9.59 Å². The summed E-state index contributed by atoms with van der Waals surface area (Å²) >= 11 is 6.08. The molecule has 1 amide bonds. The molecule has 0 bridgehead atoms. The smallest absolute Gasteiger partial charge is 0.262 e. The third-order valence-electron chi connectivity index (χ3n) is 3.27. The number of ketones is 1. The molecule has 1 aliphatic heterocycles. The van der Waals surface area contributed by atoms with Crippen molar-refractivity contribution in [3.8, 4) is 5.75 Å². The molecule has 0 radical (unpaired) electrons. The highest BCUT2D eigenvalue weighted by Gasteiger charge is 2.21. The Morgan fingerprint density at radius 1 is 1.27 bits per heavy atom. The number of carbonyl (C=O) groups is 2. The lowest BCUT2D eigenvalue weighted by Crippen LogP contribution is -2.25. The third kappa shape index (κ3) is 2.94. The summed E-state index contributed by atoms with van der Waals surface area (Å²) in [6.07, 6.45) is 0.115. The third-order valence-corrected chi connectivity index (χ3v) is 3.55. The van der Waals surface area contributed by atoms with Crippen molar-refractivity contribution in [3.05, 3.63) is 58.4 Å². The topological polar surface area (TPSA) is 55.4 Å². The summed E-state index contributed by atoms with van der Waals surface area (Å²) in [5.41, 5.74) is 1.44. The Morgan fingerprint density at radius 3 is 2.73 bits per heavy atom. The Morgan fingerprint density at radius 2 is 2.00 bits per heavy atom. The molecule has 0 saturated heterocycles. The highest BCUT2D eigenvalue weighted by atomic mass is 35.5. The zero-order valence-corrected chi connectivity index (χ0v) is 12.1. The van der Waals surface area contributed by atoms with Gasteiger partial charge >= 0.3 is 0 Å². The lowest BCUT2D eigenvalue weighted by molar-refractivity contribution is -0.118. The highest BCUT2D eigenvalue weighted by Crippen LogP contribution is 2.36. The van der Waals surface area contributed by atoms with E-state index in [9.17, 15) is 14.0 Å². The first kappa shape index (κ1) is 14.5. The first-order chi connectivity index (χ1) is 10.5. The molecule has 2 aromatic rings. The second-order valence-corrected chi connectivity index (χ2v) is 5.31. The minimum Gasteiger partial charge on any atom is -0.480 e. The standard InChI is InChI=1S/C16H11ClFNO3/c17-12-6-10(7-13-16(12)22-8-15(21)19-13)14(20)5-9-1-3-11(18)4-2-9/h1-4,6-7H,5,8H2,(H,19,21). The van der Waals surface area contributed by atoms with Crippen LogP contribution >= 0.6 is 11.6 Å². The van der Waals surface area contributed by atoms with Gasteiger partial charge in [-0.05, 0) is 29.8 Å². The predicted octanol–water partition coefficient (Wildman–Crippen LogP) is 3.24. The van der Waals surface area contributed by atoms with E-state index in [0.29, 0.717) is 22.6 Å². The second-order valence-electron chi connectivity index (χ2n) is 4.90. The van der Waals surface area contributed by atoms with Crippen molar-refractivity contribution in [2.45, 2.75) is 6.42 Å². The molecule has 0 unspecified atom stereocenters. The largest absolute Gasteiger partial charge is 0.480 e. The van der Waals surface area contributed by atoms with Crippen molar-refractivity contribution < 1.29 is 18.7 Å². The molecule has 6 heteroatoms. The SMILES string of the molecule is O=C1COc2c(Cl)cc(C(=O)Cc3ccc(F)cc3)cc2N1. The van der Waals surface area contributed by atoms with E-state index in [1.807, 2.05) is 0 Å². The summed E-state index contributed by atoms with van der Waals surface area (Å²) in [6.45, 7) is -0.102. The van der Waals surface area contributed by atoms with Crippen LogP contribution in [0, 0.1) is 5.82 Å². The van der Waals surface area contributed by atoms with Gasteiger partial charge in [-0.2, -0.15) is 0 Å². The molecule has 3 rings (SSSR count). The van der Waals surface area contributed by atoms with E-state index in [0.717, 1.165) is 0 Å². The molecule has 112 valence electrons. The number of ether oxygens (including phenoxy) is 1. The number of benzene rings is 2. The van der Waals surface area contributed by atoms with Crippen LogP contribution in [0.25, 0.3) is 0 Å². The molecular formula is C16H11ClFNO3. The van der Waals surface area contributed by atoms with E-state index < -0.39 is 0 Å². The van der Waals surface area contributed by atoms with Crippen molar-refractivity contribution in [1.82, 2.24) is 0 Å². The van der Waals surface area contributed by atoms with Gasteiger partial charge in [0, 0.05) is 12.0 Å². The van der Waals surface area contributed by atoms with E-state index in [4.69, 9.17) is 16.3 Å². The molecule has 0 saturated carbocycles. The van der Waals surface area contributed by atoms with E-state index in [2.05, 4.69) is 5.32 Å². The number of carbonyl (C=O) groups excluding carboxylic acids is 2. The van der Waals surface area contributed by atoms with Gasteiger partial charge in [-0.15, -0.1) is 0 Å². The molecule has 0 aromatic heterocycles. The molecule has 22 heavy (non-hydrogen) atoms. The van der Waals surface area contributed by atoms with Crippen molar-refractivity contribution in [2.75, 3.05) is 11.9 Å². The van der Waals surface area contributed by atoms with Crippen LogP contribution in [-0.2, 0) is 11.2 Å². The molecule has 0 aliphatic carbocycles. The first-order valence-corrected chi connectivity index (χ1v) is 6.94. The Bertz CT molecular complexity index is 759. The van der Waals surface area contributed by atoms with Gasteiger partial charge in [0.25, 0.3) is 5.91 Å². The van der Waals surface area contributed by atoms with Gasteiger partial charge in [-0.1, -0.05) is 23.7 Å². The average Bonchev–Trinajstić information content (AvgIpc) is 2.49. The van der Waals surface area contributed by atoms with Crippen LogP contribution < -0.4 is 10.1 Å². The van der Waals surface area contributed by atoms with Gasteiger partial charge in [0.15, 0.2) is 18.1 Å². The fourth-order valence-corrected chi connectivity index (χ4v) is 2.48. The minimum absolute atomic E-state index is 0.102. The van der Waals surface area contributed by atoms with Crippen molar-refractivity contribution in [2.24, 2.45) is 0 Å². The van der Waals surface area contributed by atoms with Crippen LogP contribution in [0.5, 0.6) is 5.75 Å². The number of rotatable bonds is 3. The summed E-state index contributed by atoms with van der Waals surface area (Å²) < 4.78 is 18.1. The van der Waals surface area contributed by atoms with E-state index in [-0.39, 0.29) is 35.6 Å². The van der Waals surface area contributed by atoms with Crippen LogP contribution in [0.2, 0.25) is 5.02 Å². The molecule has 1 N–H and O–H groups in total. The Kier molecular flexibility index (Phi) is 3.81. The lowest BCUT2D eigenvalue weighted by atomic mass is 10.0. The number of Topliss-reactive ketones (excluding diaryl/α,β-unsaturated/α-hetero) is 1. The molecule has 0 atom stereocenters. The van der Waals surface area contributed by atoms with Gasteiger partial charge in [0.2, 0.25) is 0 Å². The summed E-state index contributed by atoms with van der Waals surface area (Å²) in [5, 5.41) is 2.88. The van der Waals surface area contributed by atoms with Gasteiger partial charge in [0.1, 0.15) is 5.82 Å². The quantitative estimate of drug-likeness (QED) is 0.884. The van der Waals surface area contributed by atoms with E-state index >= 15 is 0 Å². The summed E-state index contributed by atoms with van der Waals surface area (Å²) in [4.78, 5) is 23.7. The number of hydrogen-bond acceptors (Lipinski definition) is 3. The number of amides is 1. The number of fused-ring (bicyclic) bond motifs is 1. The Hall–Kier alpha value is -2.40. The number of hydrogen-bond donors (Lipinski definition) is 1. The van der Waals surface area contributed by atoms with Crippen molar-refractivity contribution >= 4 is 29.0 Å². The lowest BCUT2D eigenvalue weighted by Gasteiger charge is -2.19. The minimum atomic E-state index is -0.354. The molecule has 4 nitrogen and oxygen atoms in total. The molecular weight excluding hydrogens is 309 g/mol. The van der Waals surface area contributed by atoms with Gasteiger partial charge < -0.3 is 10.1 Å². The zero-order valence-electron chi connectivity index (χ0n) is 11.4. The maximum absolute atomic E-state index is 12.9. The fraction of sp³-hybridized carbons (Fsp3) is 0.125. The number of halogens is 2. The normalized spacial score (nSPS) is 13.1. The number of anilines is 1. The van der Waals surface area contributed by atoms with Crippen LogP contribution in [-0.4, -0.2) is 18.3 Å². The summed E-state index contributed by atoms with van der Waals surface area (Å²) in [7, 11) is 0. The van der Waals surface area contributed by atoms with Crippen LogP contribution in [0.1, 0.15) is 15.9 Å². The highest BCUT2D eigenvalue weighted by molar-refractivity contribution is 6.33. The molecule has 1 heterocycles. The van der Waals surface area contributed by atoms with E-state index in [1.165, 1.54) is 24.3 Å². The van der Waals surface area contributed by atoms with Crippen molar-refractivity contribution in [1.29, 1.82) is 0 Å². The Balaban J connectivity index is 1.86. The maximum atomic E-state index is 12.9. The fourth-order valence-electron chi connectivity index (χ4n) is 2.21. The molecule has 2 aromatic carbocycles. The van der Waals surface area contributed by atoms with Crippen LogP contribution in [0.3, 0.4) is 0 Å². The summed E-state index contributed by atoms with van der Waals surface area (Å²) in [5.74, 6) is -0.477. The van der Waals surface area contributed by atoms with Crippen LogP contribution in [0.4, 0.5) is 10.1 Å². The zero-order chi connectivity index (χ0) is 15.7. The first-order valence-electron chi connectivity index (χ1n) is 6.57. The van der Waals surface area contributed by atoms with E-state index in [1.54, 1.807) is 12.1 Å². The average molecular weight is 320 g/mol. The number of nitrogens with one attached hydrogen (secondary N) is 1.